The second kappa shape index (κ2) is 4.72. The van der Waals surface area contributed by atoms with Crippen LogP contribution in [0.3, 0.4) is 0 Å². The van der Waals surface area contributed by atoms with E-state index >= 15 is 0 Å². The van der Waals surface area contributed by atoms with Crippen LogP contribution in [0.2, 0.25) is 0 Å². The smallest absolute Gasteiger partial charge is 0.416 e. The predicted octanol–water partition coefficient (Wildman–Crippen LogP) is 2.84. The minimum absolute atomic E-state index is 0.0740. The number of esters is 1. The van der Waals surface area contributed by atoms with Crippen molar-refractivity contribution < 1.29 is 27.5 Å². The van der Waals surface area contributed by atoms with Crippen LogP contribution in [0.25, 0.3) is 0 Å². The molecule has 3 aliphatic rings. The zero-order chi connectivity index (χ0) is 16.4. The summed E-state index contributed by atoms with van der Waals surface area (Å²) in [6.45, 7) is 0. The quantitative estimate of drug-likeness (QED) is 0.851. The molecule has 2 aliphatic carbocycles. The fourth-order valence-electron chi connectivity index (χ4n) is 4.36. The van der Waals surface area contributed by atoms with E-state index in [0.717, 1.165) is 18.6 Å². The highest BCUT2D eigenvalue weighted by Crippen LogP contribution is 2.57. The SMILES string of the molecule is O=C(Nc1cccc(C(F)(F)F)c1)[C@@H]1[C@@H]2C[C@H]3[C@H]1C(=O)O[C@H]3C2. The number of amides is 1. The van der Waals surface area contributed by atoms with Gasteiger partial charge >= 0.3 is 12.1 Å². The molecule has 5 atom stereocenters. The fourth-order valence-corrected chi connectivity index (χ4v) is 4.36. The van der Waals surface area contributed by atoms with Gasteiger partial charge in [0.25, 0.3) is 0 Å². The minimum atomic E-state index is -4.46. The van der Waals surface area contributed by atoms with Crippen LogP contribution in [0.5, 0.6) is 0 Å². The van der Waals surface area contributed by atoms with Crippen LogP contribution in [0.1, 0.15) is 18.4 Å². The van der Waals surface area contributed by atoms with Gasteiger partial charge in [-0.15, -0.1) is 0 Å². The van der Waals surface area contributed by atoms with E-state index in [1.54, 1.807) is 0 Å². The van der Waals surface area contributed by atoms with Crippen LogP contribution in [-0.2, 0) is 20.5 Å². The van der Waals surface area contributed by atoms with E-state index in [1.807, 2.05) is 0 Å². The molecular weight excluding hydrogens is 311 g/mol. The number of halogens is 3. The van der Waals surface area contributed by atoms with E-state index in [9.17, 15) is 22.8 Å². The minimum Gasteiger partial charge on any atom is -0.462 e. The lowest BCUT2D eigenvalue weighted by molar-refractivity contribution is -0.145. The summed E-state index contributed by atoms with van der Waals surface area (Å²) in [6, 6.07) is 4.52. The van der Waals surface area contributed by atoms with E-state index in [1.165, 1.54) is 12.1 Å². The Hall–Kier alpha value is -2.05. The average Bonchev–Trinajstić information content (AvgIpc) is 3.08. The van der Waals surface area contributed by atoms with Crippen molar-refractivity contribution in [2.75, 3.05) is 5.32 Å². The van der Waals surface area contributed by atoms with E-state index in [4.69, 9.17) is 4.74 Å². The van der Waals surface area contributed by atoms with E-state index in [0.29, 0.717) is 6.42 Å². The highest BCUT2D eigenvalue weighted by Gasteiger charge is 2.63. The Labute approximate surface area is 130 Å². The molecule has 0 radical (unpaired) electrons. The molecule has 7 heteroatoms. The Morgan fingerprint density at radius 2 is 2.04 bits per heavy atom. The summed E-state index contributed by atoms with van der Waals surface area (Å²) in [5.74, 6) is -1.51. The highest BCUT2D eigenvalue weighted by atomic mass is 19.4. The number of benzene rings is 1. The third-order valence-electron chi connectivity index (χ3n) is 5.24. The lowest BCUT2D eigenvalue weighted by Crippen LogP contribution is -2.35. The van der Waals surface area contributed by atoms with Crippen molar-refractivity contribution >= 4 is 17.6 Å². The van der Waals surface area contributed by atoms with Crippen LogP contribution in [0.4, 0.5) is 18.9 Å². The number of carbonyl (C=O) groups excluding carboxylic acids is 2. The number of ether oxygens (including phenoxy) is 1. The Morgan fingerprint density at radius 1 is 1.26 bits per heavy atom. The van der Waals surface area contributed by atoms with Gasteiger partial charge < -0.3 is 10.1 Å². The van der Waals surface area contributed by atoms with Crippen molar-refractivity contribution in [1.82, 2.24) is 0 Å². The van der Waals surface area contributed by atoms with Gasteiger partial charge in [0.2, 0.25) is 5.91 Å². The first kappa shape index (κ1) is 14.5. The zero-order valence-corrected chi connectivity index (χ0v) is 12.0. The summed E-state index contributed by atoms with van der Waals surface area (Å²) in [5.41, 5.74) is -0.723. The number of alkyl halides is 3. The number of fused-ring (bicyclic) bond motifs is 1. The first-order chi connectivity index (χ1) is 10.8. The van der Waals surface area contributed by atoms with E-state index in [-0.39, 0.29) is 35.5 Å². The van der Waals surface area contributed by atoms with E-state index in [2.05, 4.69) is 5.32 Å². The number of hydrogen-bond acceptors (Lipinski definition) is 3. The maximum Gasteiger partial charge on any atom is 0.416 e. The molecule has 1 aromatic rings. The molecule has 4 nitrogen and oxygen atoms in total. The maximum absolute atomic E-state index is 12.7. The summed E-state index contributed by atoms with van der Waals surface area (Å²) in [5, 5.41) is 2.54. The van der Waals surface area contributed by atoms with Gasteiger partial charge in [0, 0.05) is 11.6 Å². The van der Waals surface area contributed by atoms with Gasteiger partial charge in [-0.05, 0) is 37.0 Å². The Morgan fingerprint density at radius 3 is 2.78 bits per heavy atom. The van der Waals surface area contributed by atoms with Crippen LogP contribution in [0, 0.1) is 23.7 Å². The topological polar surface area (TPSA) is 55.4 Å². The monoisotopic (exact) mass is 325 g/mol. The maximum atomic E-state index is 12.7. The Kier molecular flexibility index (Phi) is 2.98. The number of rotatable bonds is 2. The molecule has 1 saturated heterocycles. The van der Waals surface area contributed by atoms with Crippen molar-refractivity contribution in [2.24, 2.45) is 23.7 Å². The van der Waals surface area contributed by atoms with Crippen LogP contribution in [0.15, 0.2) is 24.3 Å². The van der Waals surface area contributed by atoms with Crippen molar-refractivity contribution in [3.05, 3.63) is 29.8 Å². The molecule has 4 rings (SSSR count). The van der Waals surface area contributed by atoms with Gasteiger partial charge in [-0.3, -0.25) is 9.59 Å². The second-order valence-electron chi connectivity index (χ2n) is 6.49. The molecule has 1 aliphatic heterocycles. The molecule has 0 aromatic heterocycles. The Bertz CT molecular complexity index is 685. The summed E-state index contributed by atoms with van der Waals surface area (Å²) in [4.78, 5) is 24.4. The molecule has 1 N–H and O–H groups in total. The van der Waals surface area contributed by atoms with Gasteiger partial charge in [-0.2, -0.15) is 13.2 Å². The molecule has 23 heavy (non-hydrogen) atoms. The normalized spacial score (nSPS) is 34.6. The number of carbonyl (C=O) groups is 2. The van der Waals surface area contributed by atoms with Crippen molar-refractivity contribution in [3.63, 3.8) is 0 Å². The molecule has 0 unspecified atom stereocenters. The van der Waals surface area contributed by atoms with Crippen molar-refractivity contribution in [2.45, 2.75) is 25.1 Å². The summed E-state index contributed by atoms with van der Waals surface area (Å²) in [7, 11) is 0. The van der Waals surface area contributed by atoms with Crippen molar-refractivity contribution in [3.8, 4) is 0 Å². The van der Waals surface area contributed by atoms with Gasteiger partial charge in [0.1, 0.15) is 6.10 Å². The lowest BCUT2D eigenvalue weighted by Gasteiger charge is -2.23. The number of nitrogens with one attached hydrogen (secondary N) is 1. The molecule has 122 valence electrons. The molecule has 1 heterocycles. The van der Waals surface area contributed by atoms with Crippen LogP contribution < -0.4 is 5.32 Å². The summed E-state index contributed by atoms with van der Waals surface area (Å²) < 4.78 is 43.5. The van der Waals surface area contributed by atoms with Crippen LogP contribution in [-0.4, -0.2) is 18.0 Å². The molecule has 0 spiro atoms. The second-order valence-corrected chi connectivity index (χ2v) is 6.49. The largest absolute Gasteiger partial charge is 0.462 e. The lowest BCUT2D eigenvalue weighted by atomic mass is 9.79. The van der Waals surface area contributed by atoms with Crippen LogP contribution >= 0.6 is 0 Å². The number of anilines is 1. The molecular formula is C16H14F3NO3. The first-order valence-corrected chi connectivity index (χ1v) is 7.53. The number of hydrogen-bond donors (Lipinski definition) is 1. The summed E-state index contributed by atoms with van der Waals surface area (Å²) in [6.07, 6.45) is -3.08. The summed E-state index contributed by atoms with van der Waals surface area (Å²) >= 11 is 0. The fraction of sp³-hybridized carbons (Fsp3) is 0.500. The zero-order valence-electron chi connectivity index (χ0n) is 12.0. The Balaban J connectivity index is 1.54. The predicted molar refractivity (Wildman–Crippen MR) is 73.1 cm³/mol. The van der Waals surface area contributed by atoms with Gasteiger partial charge in [0.15, 0.2) is 0 Å². The van der Waals surface area contributed by atoms with Gasteiger partial charge in [0.05, 0.1) is 17.4 Å². The van der Waals surface area contributed by atoms with E-state index < -0.39 is 23.6 Å². The van der Waals surface area contributed by atoms with Crippen molar-refractivity contribution in [1.29, 1.82) is 0 Å². The molecule has 2 bridgehead atoms. The molecule has 3 fully saturated rings. The van der Waals surface area contributed by atoms with Gasteiger partial charge in [-0.1, -0.05) is 6.07 Å². The molecule has 1 aromatic carbocycles. The molecule has 2 saturated carbocycles. The molecule has 1 amide bonds. The third-order valence-corrected chi connectivity index (χ3v) is 5.24. The third kappa shape index (κ3) is 2.21. The standard InChI is InChI=1S/C16H14F3NO3/c17-16(18,19)8-2-1-3-9(6-8)20-14(21)12-7-4-10-11(5-7)23-15(22)13(10)12/h1-3,6-7,10-13H,4-5H2,(H,20,21)/t7-,10-,11+,12-,13-/m1/s1. The van der Waals surface area contributed by atoms with Gasteiger partial charge in [-0.25, -0.2) is 0 Å². The average molecular weight is 325 g/mol. The first-order valence-electron chi connectivity index (χ1n) is 7.53. The highest BCUT2D eigenvalue weighted by molar-refractivity contribution is 5.97.